The number of benzene rings is 2. The molecule has 1 unspecified atom stereocenters. The fourth-order valence-electron chi connectivity index (χ4n) is 2.10. The SMILES string of the molecule is CSc1cccc(N(C)C(=O)CC(O)c2cccc(F)c2)c1. The zero-order valence-corrected chi connectivity index (χ0v) is 13.3. The van der Waals surface area contributed by atoms with Gasteiger partial charge >= 0.3 is 0 Å². The minimum atomic E-state index is -1.02. The van der Waals surface area contributed by atoms with Crippen molar-refractivity contribution in [1.29, 1.82) is 0 Å². The lowest BCUT2D eigenvalue weighted by molar-refractivity contribution is -0.120. The van der Waals surface area contributed by atoms with Crippen molar-refractivity contribution >= 4 is 23.4 Å². The second-order valence-electron chi connectivity index (χ2n) is 4.93. The maximum atomic E-state index is 13.2. The van der Waals surface area contributed by atoms with Crippen molar-refractivity contribution in [3.63, 3.8) is 0 Å². The first-order valence-corrected chi connectivity index (χ1v) is 8.08. The minimum absolute atomic E-state index is 0.0938. The van der Waals surface area contributed by atoms with E-state index in [1.54, 1.807) is 24.9 Å². The molecular weight excluding hydrogens is 301 g/mol. The van der Waals surface area contributed by atoms with E-state index in [1.807, 2.05) is 30.5 Å². The van der Waals surface area contributed by atoms with Crippen molar-refractivity contribution in [2.24, 2.45) is 0 Å². The van der Waals surface area contributed by atoms with E-state index in [0.29, 0.717) is 5.56 Å². The van der Waals surface area contributed by atoms with Crippen LogP contribution in [0.1, 0.15) is 18.1 Å². The monoisotopic (exact) mass is 319 g/mol. The van der Waals surface area contributed by atoms with Crippen molar-refractivity contribution in [3.8, 4) is 0 Å². The van der Waals surface area contributed by atoms with E-state index in [9.17, 15) is 14.3 Å². The van der Waals surface area contributed by atoms with Crippen molar-refractivity contribution in [2.75, 3.05) is 18.2 Å². The van der Waals surface area contributed by atoms with Crippen LogP contribution in [0, 0.1) is 5.82 Å². The quantitative estimate of drug-likeness (QED) is 0.856. The van der Waals surface area contributed by atoms with Gasteiger partial charge < -0.3 is 10.0 Å². The number of amides is 1. The van der Waals surface area contributed by atoms with Crippen LogP contribution in [0.4, 0.5) is 10.1 Å². The number of aliphatic hydroxyl groups is 1. The number of carbonyl (C=O) groups is 1. The Kier molecular flexibility index (Phi) is 5.57. The van der Waals surface area contributed by atoms with E-state index in [-0.39, 0.29) is 12.3 Å². The van der Waals surface area contributed by atoms with Crippen molar-refractivity contribution < 1.29 is 14.3 Å². The number of halogens is 1. The van der Waals surface area contributed by atoms with Gasteiger partial charge in [0.25, 0.3) is 0 Å². The molecule has 0 saturated heterocycles. The highest BCUT2D eigenvalue weighted by atomic mass is 32.2. The molecule has 0 aliphatic rings. The Bertz CT molecular complexity index is 663. The molecule has 0 heterocycles. The van der Waals surface area contributed by atoms with Gasteiger partial charge in [0.1, 0.15) is 5.82 Å². The first kappa shape index (κ1) is 16.5. The topological polar surface area (TPSA) is 40.5 Å². The number of thioether (sulfide) groups is 1. The average molecular weight is 319 g/mol. The van der Waals surface area contributed by atoms with Gasteiger partial charge in [-0.3, -0.25) is 4.79 Å². The lowest BCUT2D eigenvalue weighted by Crippen LogP contribution is -2.27. The molecule has 0 fully saturated rings. The Morgan fingerprint density at radius 3 is 2.68 bits per heavy atom. The first-order valence-electron chi connectivity index (χ1n) is 6.85. The van der Waals surface area contributed by atoms with Gasteiger partial charge in [0.2, 0.25) is 5.91 Å². The van der Waals surface area contributed by atoms with Crippen LogP contribution in [-0.2, 0) is 4.79 Å². The van der Waals surface area contributed by atoms with E-state index in [2.05, 4.69) is 0 Å². The van der Waals surface area contributed by atoms with Crippen LogP contribution >= 0.6 is 11.8 Å². The summed E-state index contributed by atoms with van der Waals surface area (Å²) in [5.41, 5.74) is 1.17. The second kappa shape index (κ2) is 7.42. The molecule has 0 saturated carbocycles. The molecule has 0 spiro atoms. The maximum Gasteiger partial charge on any atom is 0.229 e. The van der Waals surface area contributed by atoms with Gasteiger partial charge in [-0.15, -0.1) is 11.8 Å². The average Bonchev–Trinajstić information content (AvgIpc) is 2.54. The molecule has 2 aromatic carbocycles. The molecule has 116 valence electrons. The molecule has 0 aliphatic heterocycles. The second-order valence-corrected chi connectivity index (χ2v) is 5.81. The van der Waals surface area contributed by atoms with Gasteiger partial charge in [0.15, 0.2) is 0 Å². The lowest BCUT2D eigenvalue weighted by atomic mass is 10.1. The maximum absolute atomic E-state index is 13.2. The third-order valence-corrected chi connectivity index (χ3v) is 4.14. The summed E-state index contributed by atoms with van der Waals surface area (Å²) in [5, 5.41) is 10.1. The predicted molar refractivity (Wildman–Crippen MR) is 87.6 cm³/mol. The molecule has 1 atom stereocenters. The molecule has 22 heavy (non-hydrogen) atoms. The Balaban J connectivity index is 2.07. The van der Waals surface area contributed by atoms with Gasteiger partial charge in [0.05, 0.1) is 12.5 Å². The summed E-state index contributed by atoms with van der Waals surface area (Å²) in [6.45, 7) is 0. The van der Waals surface area contributed by atoms with Crippen LogP contribution in [0.3, 0.4) is 0 Å². The third kappa shape index (κ3) is 4.08. The summed E-state index contributed by atoms with van der Waals surface area (Å²) < 4.78 is 13.2. The van der Waals surface area contributed by atoms with Crippen LogP contribution in [0.2, 0.25) is 0 Å². The van der Waals surface area contributed by atoms with Crippen LogP contribution in [0.15, 0.2) is 53.4 Å². The molecule has 0 radical (unpaired) electrons. The minimum Gasteiger partial charge on any atom is -0.388 e. The summed E-state index contributed by atoms with van der Waals surface area (Å²) in [6, 6.07) is 13.3. The van der Waals surface area contributed by atoms with Gasteiger partial charge in [-0.2, -0.15) is 0 Å². The van der Waals surface area contributed by atoms with E-state index in [0.717, 1.165) is 10.6 Å². The van der Waals surface area contributed by atoms with E-state index in [4.69, 9.17) is 0 Å². The lowest BCUT2D eigenvalue weighted by Gasteiger charge is -2.20. The van der Waals surface area contributed by atoms with Crippen LogP contribution in [0.5, 0.6) is 0 Å². The zero-order chi connectivity index (χ0) is 16.1. The van der Waals surface area contributed by atoms with Crippen LogP contribution < -0.4 is 4.90 Å². The van der Waals surface area contributed by atoms with Crippen molar-refractivity contribution in [1.82, 2.24) is 0 Å². The number of anilines is 1. The number of hydrogen-bond acceptors (Lipinski definition) is 3. The van der Waals surface area contributed by atoms with Gasteiger partial charge in [-0.25, -0.2) is 4.39 Å². The van der Waals surface area contributed by atoms with Crippen molar-refractivity contribution in [3.05, 3.63) is 59.9 Å². The Labute approximate surface area is 133 Å². The third-order valence-electron chi connectivity index (χ3n) is 3.42. The molecule has 0 aliphatic carbocycles. The summed E-state index contributed by atoms with van der Waals surface area (Å²) in [6.07, 6.45) is 0.854. The Hall–Kier alpha value is -1.85. The molecule has 2 aromatic rings. The first-order chi connectivity index (χ1) is 10.5. The molecule has 0 bridgehead atoms. The molecule has 3 nitrogen and oxygen atoms in total. The molecule has 2 rings (SSSR count). The molecule has 5 heteroatoms. The van der Waals surface area contributed by atoms with Gasteiger partial charge in [-0.1, -0.05) is 18.2 Å². The summed E-state index contributed by atoms with van der Waals surface area (Å²) in [5.74, 6) is -0.653. The molecular formula is C17H18FNO2S. The predicted octanol–water partition coefficient (Wildman–Crippen LogP) is 3.63. The number of rotatable bonds is 5. The standard InChI is InChI=1S/C17H18FNO2S/c1-19(14-7-4-8-15(10-14)22-2)17(21)11-16(20)12-5-3-6-13(18)9-12/h3-10,16,20H,11H2,1-2H3. The Morgan fingerprint density at radius 2 is 2.00 bits per heavy atom. The van der Waals surface area contributed by atoms with Gasteiger partial charge in [0, 0.05) is 17.6 Å². The summed E-state index contributed by atoms with van der Waals surface area (Å²) in [7, 11) is 1.67. The van der Waals surface area contributed by atoms with E-state index < -0.39 is 11.9 Å². The van der Waals surface area contributed by atoms with Gasteiger partial charge in [-0.05, 0) is 42.2 Å². The number of carbonyl (C=O) groups excluding carboxylic acids is 1. The highest BCUT2D eigenvalue weighted by Gasteiger charge is 2.18. The molecule has 1 amide bonds. The smallest absolute Gasteiger partial charge is 0.229 e. The summed E-state index contributed by atoms with van der Waals surface area (Å²) >= 11 is 1.60. The zero-order valence-electron chi connectivity index (χ0n) is 12.5. The van der Waals surface area contributed by atoms with Crippen LogP contribution in [0.25, 0.3) is 0 Å². The number of aliphatic hydroxyl groups excluding tert-OH is 1. The largest absolute Gasteiger partial charge is 0.388 e. The number of hydrogen-bond donors (Lipinski definition) is 1. The van der Waals surface area contributed by atoms with E-state index >= 15 is 0 Å². The highest BCUT2D eigenvalue weighted by Crippen LogP contribution is 2.24. The normalized spacial score (nSPS) is 12.0. The highest BCUT2D eigenvalue weighted by molar-refractivity contribution is 7.98. The number of nitrogens with zero attached hydrogens (tertiary/aromatic N) is 1. The van der Waals surface area contributed by atoms with Crippen LogP contribution in [-0.4, -0.2) is 24.3 Å². The fourth-order valence-corrected chi connectivity index (χ4v) is 2.55. The molecule has 1 N–H and O–H groups in total. The van der Waals surface area contributed by atoms with Crippen molar-refractivity contribution in [2.45, 2.75) is 17.4 Å². The summed E-state index contributed by atoms with van der Waals surface area (Å²) in [4.78, 5) is 14.8. The fraction of sp³-hybridized carbons (Fsp3) is 0.235. The molecule has 0 aromatic heterocycles. The van der Waals surface area contributed by atoms with E-state index in [1.165, 1.54) is 23.1 Å². The Morgan fingerprint density at radius 1 is 1.27 bits per heavy atom.